The molecule has 0 atom stereocenters. The maximum Gasteiger partial charge on any atom is 0.177 e. The summed E-state index contributed by atoms with van der Waals surface area (Å²) in [5, 5.41) is 38.1. The highest BCUT2D eigenvalue weighted by atomic mass is 16.5. The second-order valence-electron chi connectivity index (χ2n) is 9.57. The molecule has 2 heterocycles. The van der Waals surface area contributed by atoms with Crippen LogP contribution in [-0.4, -0.2) is 19.9 Å². The van der Waals surface area contributed by atoms with E-state index in [2.05, 4.69) is 19.9 Å². The van der Waals surface area contributed by atoms with E-state index in [0.717, 1.165) is 11.1 Å². The van der Waals surface area contributed by atoms with E-state index in [0.29, 0.717) is 45.4 Å². The van der Waals surface area contributed by atoms with Crippen LogP contribution in [0.5, 0.6) is 11.5 Å². The smallest absolute Gasteiger partial charge is 0.177 e. The second-order valence-corrected chi connectivity index (χ2v) is 9.57. The Labute approximate surface area is 258 Å². The Kier molecular flexibility index (Phi) is 7.67. The Morgan fingerprint density at radius 1 is 0.356 bits per heavy atom. The molecule has 0 amide bonds. The lowest BCUT2D eigenvalue weighted by atomic mass is 10.0. The van der Waals surface area contributed by atoms with Gasteiger partial charge in [0.25, 0.3) is 0 Å². The van der Waals surface area contributed by atoms with E-state index in [4.69, 9.17) is 4.74 Å². The van der Waals surface area contributed by atoms with Crippen molar-refractivity contribution in [2.24, 2.45) is 0 Å². The largest absolute Gasteiger partial charge is 0.457 e. The molecule has 0 aliphatic rings. The van der Waals surface area contributed by atoms with E-state index in [-0.39, 0.29) is 22.8 Å². The Morgan fingerprint density at radius 3 is 0.889 bits per heavy atom. The van der Waals surface area contributed by atoms with Crippen molar-refractivity contribution < 1.29 is 4.74 Å². The predicted octanol–water partition coefficient (Wildman–Crippen LogP) is 7.21. The first-order chi connectivity index (χ1) is 22.1. The summed E-state index contributed by atoms with van der Waals surface area (Å²) < 4.78 is 6.09. The summed E-state index contributed by atoms with van der Waals surface area (Å²) in [5.74, 6) is 1.12. The summed E-state index contributed by atoms with van der Waals surface area (Å²) in [6.45, 7) is 0. The van der Waals surface area contributed by atoms with Gasteiger partial charge >= 0.3 is 0 Å². The molecule has 2 aromatic heterocycles. The van der Waals surface area contributed by atoms with Crippen LogP contribution in [0.4, 0.5) is 0 Å². The molecule has 9 nitrogen and oxygen atoms in total. The summed E-state index contributed by atoms with van der Waals surface area (Å²) in [6, 6.07) is 40.9. The lowest BCUT2D eigenvalue weighted by Crippen LogP contribution is -2.01. The SMILES string of the molecule is N#Cc1nc(-c2ccccc2)c(-c2ccc(Oc3ccc(-c4nc(C#N)c(C#N)nc4-c4ccccc4)cc3)cc2)nc1C#N. The van der Waals surface area contributed by atoms with Gasteiger partial charge in [-0.1, -0.05) is 60.7 Å². The first-order valence-electron chi connectivity index (χ1n) is 13.6. The van der Waals surface area contributed by atoms with Crippen molar-refractivity contribution in [3.8, 4) is 80.8 Å². The molecule has 6 aromatic rings. The molecule has 208 valence electrons. The zero-order valence-corrected chi connectivity index (χ0v) is 23.4. The predicted molar refractivity (Wildman–Crippen MR) is 165 cm³/mol. The van der Waals surface area contributed by atoms with Crippen LogP contribution < -0.4 is 4.74 Å². The van der Waals surface area contributed by atoms with Gasteiger partial charge in [-0.15, -0.1) is 0 Å². The minimum absolute atomic E-state index is 0.0322. The van der Waals surface area contributed by atoms with Crippen LogP contribution in [-0.2, 0) is 0 Å². The fourth-order valence-electron chi connectivity index (χ4n) is 4.68. The second kappa shape index (κ2) is 12.3. The molecule has 45 heavy (non-hydrogen) atoms. The van der Waals surface area contributed by atoms with Crippen molar-refractivity contribution in [3.05, 3.63) is 132 Å². The Morgan fingerprint density at radius 2 is 0.622 bits per heavy atom. The van der Waals surface area contributed by atoms with Gasteiger partial charge in [-0.05, 0) is 48.5 Å². The monoisotopic (exact) mass is 578 g/mol. The van der Waals surface area contributed by atoms with Crippen LogP contribution >= 0.6 is 0 Å². The molecule has 0 saturated carbocycles. The van der Waals surface area contributed by atoms with E-state index in [1.54, 1.807) is 24.3 Å². The van der Waals surface area contributed by atoms with Crippen molar-refractivity contribution in [3.63, 3.8) is 0 Å². The maximum atomic E-state index is 9.55. The van der Waals surface area contributed by atoms with E-state index in [1.807, 2.05) is 109 Å². The van der Waals surface area contributed by atoms with Crippen molar-refractivity contribution in [1.82, 2.24) is 19.9 Å². The van der Waals surface area contributed by atoms with E-state index in [1.165, 1.54) is 0 Å². The lowest BCUT2D eigenvalue weighted by molar-refractivity contribution is 0.483. The van der Waals surface area contributed by atoms with Crippen LogP contribution in [0.3, 0.4) is 0 Å². The van der Waals surface area contributed by atoms with Gasteiger partial charge < -0.3 is 4.74 Å². The molecule has 0 saturated heterocycles. The third kappa shape index (κ3) is 5.65. The number of rotatable bonds is 6. The normalized spacial score (nSPS) is 10.1. The highest BCUT2D eigenvalue weighted by Crippen LogP contribution is 2.34. The van der Waals surface area contributed by atoms with E-state index in [9.17, 15) is 21.0 Å². The molecule has 9 heteroatoms. The minimum atomic E-state index is -0.0446. The van der Waals surface area contributed by atoms with Crippen LogP contribution in [0.25, 0.3) is 45.0 Å². The molecular formula is C36H18N8O. The first-order valence-corrected chi connectivity index (χ1v) is 13.6. The summed E-state index contributed by atoms with van der Waals surface area (Å²) >= 11 is 0. The molecule has 0 bridgehead atoms. The third-order valence-electron chi connectivity index (χ3n) is 6.80. The number of hydrogen-bond acceptors (Lipinski definition) is 9. The molecule has 0 unspecified atom stereocenters. The van der Waals surface area contributed by atoms with Gasteiger partial charge in [0.05, 0.1) is 22.8 Å². The zero-order valence-electron chi connectivity index (χ0n) is 23.4. The highest BCUT2D eigenvalue weighted by molar-refractivity contribution is 5.80. The lowest BCUT2D eigenvalue weighted by Gasteiger charge is -2.12. The Bertz CT molecular complexity index is 2040. The average Bonchev–Trinajstić information content (AvgIpc) is 3.12. The molecule has 6 rings (SSSR count). The number of ether oxygens (including phenoxy) is 1. The Balaban J connectivity index is 1.30. The first kappa shape index (κ1) is 27.9. The fraction of sp³-hybridized carbons (Fsp3) is 0. The number of nitriles is 4. The van der Waals surface area contributed by atoms with Crippen molar-refractivity contribution in [1.29, 1.82) is 21.0 Å². The fourth-order valence-corrected chi connectivity index (χ4v) is 4.68. The quantitative estimate of drug-likeness (QED) is 0.199. The minimum Gasteiger partial charge on any atom is -0.457 e. The maximum absolute atomic E-state index is 9.55. The topological polar surface area (TPSA) is 156 Å². The third-order valence-corrected chi connectivity index (χ3v) is 6.80. The highest BCUT2D eigenvalue weighted by Gasteiger charge is 2.18. The number of aromatic nitrogens is 4. The molecular weight excluding hydrogens is 560 g/mol. The van der Waals surface area contributed by atoms with Gasteiger partial charge in [0.2, 0.25) is 0 Å². The summed E-state index contributed by atoms with van der Waals surface area (Å²) in [6.07, 6.45) is 0. The van der Waals surface area contributed by atoms with E-state index < -0.39 is 0 Å². The van der Waals surface area contributed by atoms with Crippen LogP contribution in [0.15, 0.2) is 109 Å². The molecule has 4 aromatic carbocycles. The summed E-state index contributed by atoms with van der Waals surface area (Å²) in [7, 11) is 0. The van der Waals surface area contributed by atoms with Gasteiger partial charge in [0.15, 0.2) is 22.8 Å². The molecule has 0 aliphatic heterocycles. The van der Waals surface area contributed by atoms with Gasteiger partial charge in [0.1, 0.15) is 35.8 Å². The van der Waals surface area contributed by atoms with Gasteiger partial charge in [-0.2, -0.15) is 21.0 Å². The zero-order chi connectivity index (χ0) is 31.2. The molecule has 0 aliphatic carbocycles. The van der Waals surface area contributed by atoms with Gasteiger partial charge in [0, 0.05) is 22.3 Å². The molecule has 0 radical (unpaired) electrons. The van der Waals surface area contributed by atoms with E-state index >= 15 is 0 Å². The summed E-state index contributed by atoms with van der Waals surface area (Å²) in [5.41, 5.74) is 4.73. The van der Waals surface area contributed by atoms with Gasteiger partial charge in [-0.3, -0.25) is 0 Å². The average molecular weight is 579 g/mol. The van der Waals surface area contributed by atoms with Gasteiger partial charge in [-0.25, -0.2) is 19.9 Å². The molecule has 0 fully saturated rings. The molecule has 0 N–H and O–H groups in total. The number of benzene rings is 4. The van der Waals surface area contributed by atoms with Crippen molar-refractivity contribution >= 4 is 0 Å². The van der Waals surface area contributed by atoms with Crippen LogP contribution in [0.2, 0.25) is 0 Å². The van der Waals surface area contributed by atoms with Crippen molar-refractivity contribution in [2.75, 3.05) is 0 Å². The Hall–Kier alpha value is -7.20. The van der Waals surface area contributed by atoms with Crippen LogP contribution in [0.1, 0.15) is 22.8 Å². The standard InChI is InChI=1S/C36H18N8O/c37-19-29-31(21-39)43-35(33(41-29)23-7-3-1-4-8-23)25-11-15-27(16-12-25)45-28-17-13-26(14-18-28)36-34(24-9-5-2-6-10-24)42-30(20-38)32(22-40)44-36/h1-18H. The number of hydrogen-bond donors (Lipinski definition) is 0. The van der Waals surface area contributed by atoms with Crippen molar-refractivity contribution in [2.45, 2.75) is 0 Å². The molecule has 0 spiro atoms. The number of nitrogens with zero attached hydrogens (tertiary/aromatic N) is 8. The summed E-state index contributed by atoms with van der Waals surface area (Å²) in [4.78, 5) is 17.9. The van der Waals surface area contributed by atoms with Crippen LogP contribution in [0, 0.1) is 45.3 Å².